The monoisotopic (exact) mass is 405 g/mol. The van der Waals surface area contributed by atoms with Crippen molar-refractivity contribution in [1.29, 1.82) is 0 Å². The van der Waals surface area contributed by atoms with E-state index in [4.69, 9.17) is 0 Å². The van der Waals surface area contributed by atoms with Gasteiger partial charge in [-0.3, -0.25) is 9.69 Å². The van der Waals surface area contributed by atoms with Gasteiger partial charge in [0.25, 0.3) is 0 Å². The minimum atomic E-state index is 0.111. The zero-order chi connectivity index (χ0) is 20.9. The van der Waals surface area contributed by atoms with E-state index in [-0.39, 0.29) is 11.9 Å². The molecule has 4 heteroatoms. The van der Waals surface area contributed by atoms with Crippen LogP contribution in [0.2, 0.25) is 0 Å². The molecule has 2 aromatic carbocycles. The highest BCUT2D eigenvalue weighted by atomic mass is 16.1. The van der Waals surface area contributed by atoms with E-state index in [1.165, 1.54) is 48.1 Å². The van der Waals surface area contributed by atoms with E-state index in [0.717, 1.165) is 31.6 Å². The van der Waals surface area contributed by atoms with E-state index >= 15 is 0 Å². The van der Waals surface area contributed by atoms with Crippen LogP contribution in [0.25, 0.3) is 0 Å². The van der Waals surface area contributed by atoms with Gasteiger partial charge < -0.3 is 10.2 Å². The summed E-state index contributed by atoms with van der Waals surface area (Å²) >= 11 is 0. The van der Waals surface area contributed by atoms with Gasteiger partial charge in [-0.05, 0) is 68.5 Å². The molecule has 0 aromatic heterocycles. The van der Waals surface area contributed by atoms with Crippen molar-refractivity contribution in [3.8, 4) is 0 Å². The van der Waals surface area contributed by atoms with Crippen molar-refractivity contribution in [2.24, 2.45) is 0 Å². The van der Waals surface area contributed by atoms with Gasteiger partial charge in [-0.15, -0.1) is 0 Å². The number of hydrogen-bond acceptors (Lipinski definition) is 3. The van der Waals surface area contributed by atoms with E-state index in [1.54, 1.807) is 0 Å². The van der Waals surface area contributed by atoms with Crippen molar-refractivity contribution >= 4 is 11.6 Å². The quantitative estimate of drug-likeness (QED) is 0.780. The second kappa shape index (κ2) is 9.65. The van der Waals surface area contributed by atoms with E-state index < -0.39 is 0 Å². The van der Waals surface area contributed by atoms with Crippen molar-refractivity contribution in [3.63, 3.8) is 0 Å². The Morgan fingerprint density at radius 2 is 1.87 bits per heavy atom. The summed E-state index contributed by atoms with van der Waals surface area (Å²) in [6.07, 6.45) is 6.64. The number of hydrogen-bond donors (Lipinski definition) is 1. The van der Waals surface area contributed by atoms with Gasteiger partial charge >= 0.3 is 0 Å². The molecular weight excluding hydrogens is 370 g/mol. The smallest absolute Gasteiger partial charge is 0.224 e. The van der Waals surface area contributed by atoms with Crippen LogP contribution in [0.15, 0.2) is 42.5 Å². The molecule has 0 radical (unpaired) electrons. The molecule has 0 aliphatic carbocycles. The highest BCUT2D eigenvalue weighted by Crippen LogP contribution is 2.31. The standard InChI is InChI=1S/C26H35N3O/c1-20-8-6-9-21(16-20)17-26(30)27-19-25(29-14-4-3-5-15-29)23-11-12-24-22(18-23)10-7-13-28(24)2/h6,8-9,11-12,16,18,25H,3-5,7,10,13-15,17,19H2,1-2H3,(H,27,30)/t25-/m1/s1. The van der Waals surface area contributed by atoms with Crippen LogP contribution in [0, 0.1) is 6.92 Å². The zero-order valence-corrected chi connectivity index (χ0v) is 18.5. The summed E-state index contributed by atoms with van der Waals surface area (Å²) in [5.41, 5.74) is 6.45. The lowest BCUT2D eigenvalue weighted by molar-refractivity contribution is -0.120. The highest BCUT2D eigenvalue weighted by molar-refractivity contribution is 5.78. The lowest BCUT2D eigenvalue weighted by Crippen LogP contribution is -2.41. The number of carbonyl (C=O) groups excluding carboxylic acids is 1. The Hall–Kier alpha value is -2.33. The number of piperidine rings is 1. The third-order valence-electron chi connectivity index (χ3n) is 6.61. The summed E-state index contributed by atoms with van der Waals surface area (Å²) < 4.78 is 0. The van der Waals surface area contributed by atoms with Crippen LogP contribution in [0.3, 0.4) is 0 Å². The number of likely N-dealkylation sites (tertiary alicyclic amines) is 1. The molecule has 1 fully saturated rings. The first kappa shape index (κ1) is 20.9. The third kappa shape index (κ3) is 5.04. The van der Waals surface area contributed by atoms with E-state index in [1.807, 2.05) is 12.1 Å². The molecule has 160 valence electrons. The van der Waals surface area contributed by atoms with E-state index in [9.17, 15) is 4.79 Å². The number of nitrogens with zero attached hydrogens (tertiary/aromatic N) is 2. The highest BCUT2D eigenvalue weighted by Gasteiger charge is 2.24. The van der Waals surface area contributed by atoms with Crippen LogP contribution in [0.1, 0.15) is 54.0 Å². The molecule has 2 heterocycles. The molecule has 1 amide bonds. The fourth-order valence-corrected chi connectivity index (χ4v) is 4.98. The Labute approximate surface area is 181 Å². The lowest BCUT2D eigenvalue weighted by Gasteiger charge is -2.36. The van der Waals surface area contributed by atoms with Crippen molar-refractivity contribution < 1.29 is 4.79 Å². The molecule has 4 rings (SSSR count). The molecular formula is C26H35N3O. The number of benzene rings is 2. The normalized spacial score (nSPS) is 18.0. The van der Waals surface area contributed by atoms with Crippen LogP contribution in [-0.4, -0.2) is 44.0 Å². The maximum Gasteiger partial charge on any atom is 0.224 e. The number of aryl methyl sites for hydroxylation is 2. The topological polar surface area (TPSA) is 35.6 Å². The molecule has 1 N–H and O–H groups in total. The Kier molecular flexibility index (Phi) is 6.73. The Bertz CT molecular complexity index is 872. The number of anilines is 1. The van der Waals surface area contributed by atoms with Gasteiger partial charge in [0.1, 0.15) is 0 Å². The largest absolute Gasteiger partial charge is 0.374 e. The summed E-state index contributed by atoms with van der Waals surface area (Å²) in [6, 6.07) is 15.5. The first-order chi connectivity index (χ1) is 14.6. The molecule has 2 aromatic rings. The van der Waals surface area contributed by atoms with Gasteiger partial charge in [0.05, 0.1) is 12.5 Å². The second-order valence-corrected chi connectivity index (χ2v) is 9.00. The lowest BCUT2D eigenvalue weighted by atomic mass is 9.95. The summed E-state index contributed by atoms with van der Waals surface area (Å²) in [5.74, 6) is 0.111. The first-order valence-electron chi connectivity index (χ1n) is 11.5. The van der Waals surface area contributed by atoms with Crippen LogP contribution in [0.5, 0.6) is 0 Å². The van der Waals surface area contributed by atoms with E-state index in [0.29, 0.717) is 13.0 Å². The molecule has 30 heavy (non-hydrogen) atoms. The zero-order valence-electron chi connectivity index (χ0n) is 18.5. The number of rotatable bonds is 6. The molecule has 2 aliphatic rings. The van der Waals surface area contributed by atoms with Crippen LogP contribution in [-0.2, 0) is 17.6 Å². The number of carbonyl (C=O) groups is 1. The summed E-state index contributed by atoms with van der Waals surface area (Å²) in [5, 5.41) is 3.24. The van der Waals surface area contributed by atoms with Gasteiger partial charge in [-0.1, -0.05) is 48.4 Å². The first-order valence-corrected chi connectivity index (χ1v) is 11.5. The van der Waals surface area contributed by atoms with Gasteiger partial charge in [0.15, 0.2) is 0 Å². The molecule has 0 bridgehead atoms. The van der Waals surface area contributed by atoms with Crippen molar-refractivity contribution in [1.82, 2.24) is 10.2 Å². The average molecular weight is 406 g/mol. The van der Waals surface area contributed by atoms with Crippen LogP contribution in [0.4, 0.5) is 5.69 Å². The SMILES string of the molecule is Cc1cccc(CC(=O)NC[C@H](c2ccc3c(c2)CCCN3C)N2CCCCC2)c1. The summed E-state index contributed by atoms with van der Waals surface area (Å²) in [7, 11) is 2.19. The summed E-state index contributed by atoms with van der Waals surface area (Å²) in [4.78, 5) is 17.6. The number of fused-ring (bicyclic) bond motifs is 1. The number of amides is 1. The summed E-state index contributed by atoms with van der Waals surface area (Å²) in [6.45, 7) is 6.13. The average Bonchev–Trinajstić information content (AvgIpc) is 2.75. The molecule has 0 unspecified atom stereocenters. The van der Waals surface area contributed by atoms with Gasteiger partial charge in [0.2, 0.25) is 5.91 Å². The molecule has 2 aliphatic heterocycles. The minimum absolute atomic E-state index is 0.111. The number of nitrogens with one attached hydrogen (secondary N) is 1. The third-order valence-corrected chi connectivity index (χ3v) is 6.61. The Morgan fingerprint density at radius 1 is 1.03 bits per heavy atom. The van der Waals surface area contributed by atoms with Gasteiger partial charge in [-0.25, -0.2) is 0 Å². The minimum Gasteiger partial charge on any atom is -0.374 e. The van der Waals surface area contributed by atoms with Gasteiger partial charge in [-0.2, -0.15) is 0 Å². The van der Waals surface area contributed by atoms with Crippen LogP contribution < -0.4 is 10.2 Å². The Morgan fingerprint density at radius 3 is 2.67 bits per heavy atom. The van der Waals surface area contributed by atoms with Crippen molar-refractivity contribution in [3.05, 3.63) is 64.7 Å². The predicted molar refractivity (Wildman–Crippen MR) is 124 cm³/mol. The van der Waals surface area contributed by atoms with Crippen molar-refractivity contribution in [2.45, 2.75) is 51.5 Å². The molecule has 1 saturated heterocycles. The van der Waals surface area contributed by atoms with Gasteiger partial charge in [0, 0.05) is 25.8 Å². The Balaban J connectivity index is 1.48. The maximum atomic E-state index is 12.7. The molecule has 1 atom stereocenters. The maximum absolute atomic E-state index is 12.7. The van der Waals surface area contributed by atoms with Crippen molar-refractivity contribution in [2.75, 3.05) is 38.1 Å². The molecule has 0 spiro atoms. The predicted octanol–water partition coefficient (Wildman–Crippen LogP) is 4.26. The van der Waals surface area contributed by atoms with Crippen LogP contribution >= 0.6 is 0 Å². The van der Waals surface area contributed by atoms with E-state index in [2.05, 4.69) is 59.4 Å². The fourth-order valence-electron chi connectivity index (χ4n) is 4.98. The molecule has 0 saturated carbocycles. The second-order valence-electron chi connectivity index (χ2n) is 9.00. The fraction of sp³-hybridized carbons (Fsp3) is 0.500. The molecule has 4 nitrogen and oxygen atoms in total.